The van der Waals surface area contributed by atoms with Crippen LogP contribution in [0.25, 0.3) is 11.5 Å². The molecule has 11 nitrogen and oxygen atoms in total. The van der Waals surface area contributed by atoms with Crippen LogP contribution in [-0.4, -0.2) is 59.8 Å². The van der Waals surface area contributed by atoms with E-state index < -0.39 is 14.9 Å². The standard InChI is InChI=1S/C18H16N4O7S/c23-18(15-12-17(29-19-15)16-5-2-10-28-16)20-6-8-21(9-7-20)30(26,27)14-4-1-3-13(11-14)22(24)25/h1-5,10-12H,6-9H2. The van der Waals surface area contributed by atoms with Gasteiger partial charge in [0.05, 0.1) is 16.1 Å². The van der Waals surface area contributed by atoms with Crippen LogP contribution in [0.4, 0.5) is 5.69 Å². The van der Waals surface area contributed by atoms with Gasteiger partial charge in [-0.1, -0.05) is 11.2 Å². The van der Waals surface area contributed by atoms with Crippen molar-refractivity contribution in [3.05, 3.63) is 64.5 Å². The molecule has 30 heavy (non-hydrogen) atoms. The number of amides is 1. The number of carbonyl (C=O) groups is 1. The molecule has 0 saturated carbocycles. The first-order valence-electron chi connectivity index (χ1n) is 8.91. The van der Waals surface area contributed by atoms with Crippen LogP contribution >= 0.6 is 0 Å². The number of hydrogen-bond donors (Lipinski definition) is 0. The van der Waals surface area contributed by atoms with Gasteiger partial charge in [-0.05, 0) is 18.2 Å². The second-order valence-electron chi connectivity index (χ2n) is 6.50. The first-order valence-corrected chi connectivity index (χ1v) is 10.3. The molecule has 0 unspecified atom stereocenters. The fraction of sp³-hybridized carbons (Fsp3) is 0.222. The molecule has 1 aromatic carbocycles. The molecule has 3 heterocycles. The van der Waals surface area contributed by atoms with Gasteiger partial charge in [-0.15, -0.1) is 0 Å². The summed E-state index contributed by atoms with van der Waals surface area (Å²) in [5, 5.41) is 14.7. The van der Waals surface area contributed by atoms with Crippen molar-refractivity contribution in [1.82, 2.24) is 14.4 Å². The van der Waals surface area contributed by atoms with E-state index in [-0.39, 0.29) is 48.4 Å². The summed E-state index contributed by atoms with van der Waals surface area (Å²) in [4.78, 5) is 24.2. The van der Waals surface area contributed by atoms with E-state index in [1.165, 1.54) is 39.7 Å². The largest absolute Gasteiger partial charge is 0.461 e. The van der Waals surface area contributed by atoms with Gasteiger partial charge in [0.1, 0.15) is 0 Å². The Bertz CT molecular complexity index is 1180. The molecule has 1 saturated heterocycles. The average Bonchev–Trinajstić information content (AvgIpc) is 3.45. The van der Waals surface area contributed by atoms with Crippen LogP contribution in [0.15, 0.2) is 62.6 Å². The monoisotopic (exact) mass is 432 g/mol. The molecule has 2 aromatic heterocycles. The zero-order valence-electron chi connectivity index (χ0n) is 15.5. The van der Waals surface area contributed by atoms with Gasteiger partial charge in [-0.25, -0.2) is 8.42 Å². The van der Waals surface area contributed by atoms with Crippen LogP contribution in [0.3, 0.4) is 0 Å². The van der Waals surface area contributed by atoms with Gasteiger partial charge in [-0.2, -0.15) is 4.31 Å². The molecule has 0 N–H and O–H groups in total. The third kappa shape index (κ3) is 3.69. The second kappa shape index (κ2) is 7.72. The Balaban J connectivity index is 1.44. The maximum absolute atomic E-state index is 12.8. The lowest BCUT2D eigenvalue weighted by molar-refractivity contribution is -0.385. The summed E-state index contributed by atoms with van der Waals surface area (Å²) in [6.45, 7) is 0.408. The van der Waals surface area contributed by atoms with E-state index in [9.17, 15) is 23.3 Å². The number of sulfonamides is 1. The summed E-state index contributed by atoms with van der Waals surface area (Å²) < 4.78 is 37.1. The normalized spacial score (nSPS) is 15.3. The van der Waals surface area contributed by atoms with Crippen LogP contribution in [0.5, 0.6) is 0 Å². The highest BCUT2D eigenvalue weighted by Crippen LogP contribution is 2.24. The second-order valence-corrected chi connectivity index (χ2v) is 8.44. The summed E-state index contributed by atoms with van der Waals surface area (Å²) >= 11 is 0. The fourth-order valence-electron chi connectivity index (χ4n) is 3.11. The highest BCUT2D eigenvalue weighted by atomic mass is 32.2. The number of hydrogen-bond acceptors (Lipinski definition) is 8. The SMILES string of the molecule is O=C(c1cc(-c2ccco2)on1)N1CCN(S(=O)(=O)c2cccc([N+](=O)[O-])c2)CC1. The van der Waals surface area contributed by atoms with E-state index in [1.807, 2.05) is 0 Å². The van der Waals surface area contributed by atoms with Crippen LogP contribution in [0.1, 0.15) is 10.5 Å². The highest BCUT2D eigenvalue weighted by molar-refractivity contribution is 7.89. The number of aromatic nitrogens is 1. The van der Waals surface area contributed by atoms with E-state index in [2.05, 4.69) is 5.16 Å². The van der Waals surface area contributed by atoms with Crippen LogP contribution in [0.2, 0.25) is 0 Å². The Morgan fingerprint density at radius 3 is 2.50 bits per heavy atom. The van der Waals surface area contributed by atoms with Gasteiger partial charge in [-0.3, -0.25) is 14.9 Å². The Kier molecular flexibility index (Phi) is 5.10. The molecule has 1 amide bonds. The minimum atomic E-state index is -3.91. The quantitative estimate of drug-likeness (QED) is 0.440. The molecule has 0 radical (unpaired) electrons. The molecular weight excluding hydrogens is 416 g/mol. The van der Waals surface area contributed by atoms with Crippen molar-refractivity contribution in [1.29, 1.82) is 0 Å². The Morgan fingerprint density at radius 2 is 1.83 bits per heavy atom. The van der Waals surface area contributed by atoms with Crippen molar-refractivity contribution < 1.29 is 27.1 Å². The maximum atomic E-state index is 12.8. The lowest BCUT2D eigenvalue weighted by atomic mass is 10.2. The Hall–Kier alpha value is -3.51. The van der Waals surface area contributed by atoms with Crippen LogP contribution in [0, 0.1) is 10.1 Å². The van der Waals surface area contributed by atoms with E-state index in [0.29, 0.717) is 11.5 Å². The summed E-state index contributed by atoms with van der Waals surface area (Å²) in [6, 6.07) is 9.71. The smallest absolute Gasteiger partial charge is 0.276 e. The molecule has 0 spiro atoms. The number of nitrogens with zero attached hydrogens (tertiary/aromatic N) is 4. The van der Waals surface area contributed by atoms with E-state index in [1.54, 1.807) is 12.1 Å². The minimum Gasteiger partial charge on any atom is -0.461 e. The van der Waals surface area contributed by atoms with Crippen molar-refractivity contribution in [3.8, 4) is 11.5 Å². The van der Waals surface area contributed by atoms with E-state index >= 15 is 0 Å². The number of nitro benzene ring substituents is 1. The lowest BCUT2D eigenvalue weighted by Crippen LogP contribution is -2.50. The lowest BCUT2D eigenvalue weighted by Gasteiger charge is -2.33. The molecular formula is C18H16N4O7S. The summed E-state index contributed by atoms with van der Waals surface area (Å²) in [6.07, 6.45) is 1.47. The van der Waals surface area contributed by atoms with Gasteiger partial charge >= 0.3 is 0 Å². The molecule has 156 valence electrons. The van der Waals surface area contributed by atoms with Crippen molar-refractivity contribution in [3.63, 3.8) is 0 Å². The zero-order valence-corrected chi connectivity index (χ0v) is 16.3. The summed E-state index contributed by atoms with van der Waals surface area (Å²) in [5.74, 6) is 0.369. The third-order valence-electron chi connectivity index (χ3n) is 4.69. The molecule has 0 bridgehead atoms. The number of carbonyl (C=O) groups excluding carboxylic acids is 1. The van der Waals surface area contributed by atoms with Crippen LogP contribution in [-0.2, 0) is 10.0 Å². The number of benzene rings is 1. The van der Waals surface area contributed by atoms with Gasteiger partial charge in [0.2, 0.25) is 15.8 Å². The van der Waals surface area contributed by atoms with Crippen molar-refractivity contribution >= 4 is 21.6 Å². The summed E-state index contributed by atoms with van der Waals surface area (Å²) in [7, 11) is -3.91. The third-order valence-corrected chi connectivity index (χ3v) is 6.58. The van der Waals surface area contributed by atoms with Gasteiger partial charge < -0.3 is 13.8 Å². The van der Waals surface area contributed by atoms with Crippen molar-refractivity contribution in [2.24, 2.45) is 0 Å². The predicted octanol–water partition coefficient (Wildman–Crippen LogP) is 1.99. The van der Waals surface area contributed by atoms with Gasteiger partial charge in [0.15, 0.2) is 11.5 Å². The maximum Gasteiger partial charge on any atom is 0.276 e. The van der Waals surface area contributed by atoms with Crippen molar-refractivity contribution in [2.45, 2.75) is 4.90 Å². The zero-order chi connectivity index (χ0) is 21.3. The molecule has 1 aliphatic heterocycles. The number of furan rings is 1. The minimum absolute atomic E-state index is 0.0552. The highest BCUT2D eigenvalue weighted by Gasteiger charge is 2.32. The van der Waals surface area contributed by atoms with E-state index in [0.717, 1.165) is 6.07 Å². The first-order chi connectivity index (χ1) is 14.4. The van der Waals surface area contributed by atoms with Gasteiger partial charge in [0.25, 0.3) is 11.6 Å². The number of piperazine rings is 1. The van der Waals surface area contributed by atoms with Crippen LogP contribution < -0.4 is 0 Å². The molecule has 1 fully saturated rings. The number of nitro groups is 1. The summed E-state index contributed by atoms with van der Waals surface area (Å²) in [5.41, 5.74) is -0.209. The topological polar surface area (TPSA) is 140 Å². The first kappa shape index (κ1) is 19.8. The van der Waals surface area contributed by atoms with E-state index in [4.69, 9.17) is 8.94 Å². The Morgan fingerprint density at radius 1 is 1.07 bits per heavy atom. The fourth-order valence-corrected chi connectivity index (χ4v) is 4.57. The van der Waals surface area contributed by atoms with Gasteiger partial charge in [0, 0.05) is 44.4 Å². The molecule has 3 aromatic rings. The van der Waals surface area contributed by atoms with Crippen molar-refractivity contribution in [2.75, 3.05) is 26.2 Å². The number of non-ortho nitro benzene ring substituents is 1. The molecule has 12 heteroatoms. The molecule has 0 atom stereocenters. The molecule has 1 aliphatic rings. The molecule has 4 rings (SSSR count). The average molecular weight is 432 g/mol. The molecule has 0 aliphatic carbocycles. The predicted molar refractivity (Wildman–Crippen MR) is 102 cm³/mol. The number of rotatable bonds is 5. The Labute approximate surface area is 170 Å².